The van der Waals surface area contributed by atoms with Crippen LogP contribution in [0.1, 0.15) is 18.1 Å². The Morgan fingerprint density at radius 2 is 2.00 bits per heavy atom. The van der Waals surface area contributed by atoms with Crippen molar-refractivity contribution in [2.75, 3.05) is 26.9 Å². The van der Waals surface area contributed by atoms with Gasteiger partial charge >= 0.3 is 0 Å². The molecule has 5 nitrogen and oxygen atoms in total. The van der Waals surface area contributed by atoms with Gasteiger partial charge in [-0.15, -0.1) is 0 Å². The molecule has 7 heteroatoms. The molecule has 0 saturated heterocycles. The number of hydrogen-bond donors (Lipinski definition) is 2. The number of rotatable bonds is 10. The van der Waals surface area contributed by atoms with E-state index < -0.39 is 23.5 Å². The summed E-state index contributed by atoms with van der Waals surface area (Å²) in [4.78, 5) is 12.1. The lowest BCUT2D eigenvalue weighted by Crippen LogP contribution is -2.35. The van der Waals surface area contributed by atoms with Crippen molar-refractivity contribution in [3.8, 4) is 11.5 Å². The molecule has 2 rings (SSSR count). The highest BCUT2D eigenvalue weighted by Gasteiger charge is 2.15. The van der Waals surface area contributed by atoms with Gasteiger partial charge < -0.3 is 19.9 Å². The minimum atomic E-state index is -0.551. The molecule has 1 atom stereocenters. The number of carbonyl (C=O) groups excluding carboxylic acids is 1. The molecular formula is C22H25F2NO4. The van der Waals surface area contributed by atoms with Gasteiger partial charge in [-0.3, -0.25) is 4.79 Å². The van der Waals surface area contributed by atoms with Crippen LogP contribution in [0.5, 0.6) is 11.5 Å². The molecule has 0 radical (unpaired) electrons. The summed E-state index contributed by atoms with van der Waals surface area (Å²) in [6.07, 6.45) is 3.91. The van der Waals surface area contributed by atoms with E-state index in [2.05, 4.69) is 5.32 Å². The fraction of sp³-hybridized carbons (Fsp3) is 0.318. The molecule has 29 heavy (non-hydrogen) atoms. The van der Waals surface area contributed by atoms with E-state index >= 15 is 0 Å². The predicted octanol–water partition coefficient (Wildman–Crippen LogP) is 3.35. The summed E-state index contributed by atoms with van der Waals surface area (Å²) in [6.45, 7) is 1.48. The normalized spacial score (nSPS) is 12.0. The Morgan fingerprint density at radius 1 is 1.21 bits per heavy atom. The molecule has 0 aliphatic rings. The van der Waals surface area contributed by atoms with Gasteiger partial charge in [0.25, 0.3) is 5.91 Å². The molecule has 0 aliphatic heterocycles. The SMILES string of the molecule is C/C=C\c1ccc(OCC(=O)NC[C@H](CO)Cc2cc(F)ccc2F)c(OC)c1. The van der Waals surface area contributed by atoms with E-state index in [1.165, 1.54) is 7.11 Å². The van der Waals surface area contributed by atoms with Gasteiger partial charge in [0, 0.05) is 19.1 Å². The van der Waals surface area contributed by atoms with Crippen LogP contribution in [-0.4, -0.2) is 37.9 Å². The van der Waals surface area contributed by atoms with Crippen LogP contribution in [0.3, 0.4) is 0 Å². The van der Waals surface area contributed by atoms with Crippen molar-refractivity contribution in [1.82, 2.24) is 5.32 Å². The number of carbonyl (C=O) groups is 1. The molecule has 0 bridgehead atoms. The number of halogens is 2. The molecule has 0 saturated carbocycles. The van der Waals surface area contributed by atoms with Crippen LogP contribution in [0.15, 0.2) is 42.5 Å². The predicted molar refractivity (Wildman–Crippen MR) is 107 cm³/mol. The maximum atomic E-state index is 13.8. The topological polar surface area (TPSA) is 67.8 Å². The van der Waals surface area contributed by atoms with Crippen LogP contribution in [0.25, 0.3) is 6.08 Å². The number of allylic oxidation sites excluding steroid dienone is 1. The second kappa shape index (κ2) is 11.2. The summed E-state index contributed by atoms with van der Waals surface area (Å²) in [6, 6.07) is 8.51. The fourth-order valence-corrected chi connectivity index (χ4v) is 2.76. The van der Waals surface area contributed by atoms with Crippen molar-refractivity contribution in [1.29, 1.82) is 0 Å². The minimum Gasteiger partial charge on any atom is -0.493 e. The van der Waals surface area contributed by atoms with Gasteiger partial charge in [0.2, 0.25) is 0 Å². The number of ether oxygens (including phenoxy) is 2. The Hall–Kier alpha value is -2.93. The maximum Gasteiger partial charge on any atom is 0.257 e. The van der Waals surface area contributed by atoms with Crippen molar-refractivity contribution in [3.05, 3.63) is 65.2 Å². The zero-order valence-electron chi connectivity index (χ0n) is 16.5. The molecule has 0 spiro atoms. The summed E-state index contributed by atoms with van der Waals surface area (Å²) in [5.41, 5.74) is 1.09. The van der Waals surface area contributed by atoms with E-state index in [0.29, 0.717) is 11.5 Å². The third kappa shape index (κ3) is 6.87. The molecule has 2 aromatic rings. The molecule has 0 unspecified atom stereocenters. The largest absolute Gasteiger partial charge is 0.493 e. The van der Waals surface area contributed by atoms with Gasteiger partial charge in [0.15, 0.2) is 18.1 Å². The second-order valence-corrected chi connectivity index (χ2v) is 6.49. The first kappa shape index (κ1) is 22.4. The summed E-state index contributed by atoms with van der Waals surface area (Å²) in [5, 5.41) is 12.1. The van der Waals surface area contributed by atoms with Crippen molar-refractivity contribution in [2.45, 2.75) is 13.3 Å². The van der Waals surface area contributed by atoms with Crippen LogP contribution in [0.2, 0.25) is 0 Å². The number of methoxy groups -OCH3 is 1. The van der Waals surface area contributed by atoms with Gasteiger partial charge in [-0.1, -0.05) is 18.2 Å². The standard InChI is InChI=1S/C22H25F2NO4/c1-3-4-15-5-8-20(21(10-15)28-2)29-14-22(27)25-12-16(13-26)9-17-11-18(23)6-7-19(17)24/h3-8,10-11,16,26H,9,12-14H2,1-2H3,(H,25,27)/b4-3-/t16-/m1/s1. The molecule has 1 amide bonds. The number of nitrogens with one attached hydrogen (secondary N) is 1. The Labute approximate surface area is 169 Å². The average Bonchev–Trinajstić information content (AvgIpc) is 2.72. The molecular weight excluding hydrogens is 380 g/mol. The number of hydrogen-bond acceptors (Lipinski definition) is 4. The first-order chi connectivity index (χ1) is 14.0. The molecule has 0 aliphatic carbocycles. The number of aliphatic hydroxyl groups is 1. The lowest BCUT2D eigenvalue weighted by Gasteiger charge is -2.16. The van der Waals surface area contributed by atoms with Gasteiger partial charge in [-0.2, -0.15) is 0 Å². The minimum absolute atomic E-state index is 0.0987. The number of amides is 1. The smallest absolute Gasteiger partial charge is 0.257 e. The van der Waals surface area contributed by atoms with Crippen LogP contribution in [0, 0.1) is 17.6 Å². The number of benzene rings is 2. The summed E-state index contributed by atoms with van der Waals surface area (Å²) in [5.74, 6) is -1.02. The molecule has 0 heterocycles. The monoisotopic (exact) mass is 405 g/mol. The third-order valence-corrected chi connectivity index (χ3v) is 4.27. The highest BCUT2D eigenvalue weighted by Crippen LogP contribution is 2.28. The molecule has 2 aromatic carbocycles. The first-order valence-electron chi connectivity index (χ1n) is 9.21. The van der Waals surface area contributed by atoms with E-state index in [-0.39, 0.29) is 31.7 Å². The average molecular weight is 405 g/mol. The Bertz CT molecular complexity index is 855. The van der Waals surface area contributed by atoms with E-state index in [9.17, 15) is 18.7 Å². The first-order valence-corrected chi connectivity index (χ1v) is 9.21. The lowest BCUT2D eigenvalue weighted by atomic mass is 9.99. The van der Waals surface area contributed by atoms with Gasteiger partial charge in [0.05, 0.1) is 7.11 Å². The zero-order chi connectivity index (χ0) is 21.2. The van der Waals surface area contributed by atoms with Crippen LogP contribution < -0.4 is 14.8 Å². The molecule has 156 valence electrons. The summed E-state index contributed by atoms with van der Waals surface area (Å²) < 4.78 is 37.8. The van der Waals surface area contributed by atoms with Crippen LogP contribution in [-0.2, 0) is 11.2 Å². The second-order valence-electron chi connectivity index (χ2n) is 6.49. The highest BCUT2D eigenvalue weighted by atomic mass is 19.1. The fourth-order valence-electron chi connectivity index (χ4n) is 2.76. The molecule has 0 fully saturated rings. The van der Waals surface area contributed by atoms with Gasteiger partial charge in [-0.05, 0) is 54.8 Å². The molecule has 0 aromatic heterocycles. The van der Waals surface area contributed by atoms with Crippen molar-refractivity contribution >= 4 is 12.0 Å². The van der Waals surface area contributed by atoms with E-state index in [1.807, 2.05) is 25.1 Å². The van der Waals surface area contributed by atoms with Crippen LogP contribution in [0.4, 0.5) is 8.78 Å². The van der Waals surface area contributed by atoms with E-state index in [0.717, 1.165) is 23.8 Å². The Balaban J connectivity index is 1.88. The van der Waals surface area contributed by atoms with Crippen LogP contribution >= 0.6 is 0 Å². The van der Waals surface area contributed by atoms with Crippen molar-refractivity contribution in [3.63, 3.8) is 0 Å². The molecule has 2 N–H and O–H groups in total. The number of aliphatic hydroxyl groups excluding tert-OH is 1. The maximum absolute atomic E-state index is 13.8. The summed E-state index contributed by atoms with van der Waals surface area (Å²) in [7, 11) is 1.51. The van der Waals surface area contributed by atoms with Crippen molar-refractivity contribution < 1.29 is 28.2 Å². The third-order valence-electron chi connectivity index (χ3n) is 4.27. The quantitative estimate of drug-likeness (QED) is 0.636. The van der Waals surface area contributed by atoms with Gasteiger partial charge in [-0.25, -0.2) is 8.78 Å². The van der Waals surface area contributed by atoms with Gasteiger partial charge in [0.1, 0.15) is 11.6 Å². The highest BCUT2D eigenvalue weighted by molar-refractivity contribution is 5.77. The summed E-state index contributed by atoms with van der Waals surface area (Å²) >= 11 is 0. The van der Waals surface area contributed by atoms with Crippen molar-refractivity contribution in [2.24, 2.45) is 5.92 Å². The Morgan fingerprint density at radius 3 is 2.69 bits per heavy atom. The Kier molecular flexibility index (Phi) is 8.61. The zero-order valence-corrected chi connectivity index (χ0v) is 16.5. The van der Waals surface area contributed by atoms with E-state index in [1.54, 1.807) is 12.1 Å². The lowest BCUT2D eigenvalue weighted by molar-refractivity contribution is -0.123. The van der Waals surface area contributed by atoms with E-state index in [4.69, 9.17) is 9.47 Å².